The summed E-state index contributed by atoms with van der Waals surface area (Å²) < 4.78 is 2.35. The summed E-state index contributed by atoms with van der Waals surface area (Å²) in [7, 11) is 0. The van der Waals surface area contributed by atoms with Gasteiger partial charge < -0.3 is 0 Å². The van der Waals surface area contributed by atoms with Crippen LogP contribution < -0.4 is 0 Å². The minimum atomic E-state index is -0.00958. The van der Waals surface area contributed by atoms with Crippen molar-refractivity contribution in [3.05, 3.63) is 84.4 Å². The molecule has 5 aromatic rings. The molecule has 0 saturated heterocycles. The van der Waals surface area contributed by atoms with E-state index in [-0.39, 0.29) is 5.41 Å². The van der Waals surface area contributed by atoms with Gasteiger partial charge in [0.25, 0.3) is 0 Å². The maximum absolute atomic E-state index is 5.02. The van der Waals surface area contributed by atoms with Crippen LogP contribution in [-0.4, -0.2) is 9.38 Å². The number of hydrogen-bond acceptors (Lipinski definition) is 1. The van der Waals surface area contributed by atoms with Gasteiger partial charge in [-0.15, -0.1) is 0 Å². The molecule has 0 aliphatic heterocycles. The van der Waals surface area contributed by atoms with Crippen molar-refractivity contribution in [1.29, 1.82) is 0 Å². The fraction of sp³-hybridized carbons (Fsp3) is 0.160. The van der Waals surface area contributed by atoms with Crippen LogP contribution in [0.5, 0.6) is 0 Å². The van der Waals surface area contributed by atoms with E-state index in [9.17, 15) is 0 Å². The maximum atomic E-state index is 5.02. The summed E-state index contributed by atoms with van der Waals surface area (Å²) in [5.74, 6) is 0. The highest BCUT2D eigenvalue weighted by atomic mass is 15.0. The highest BCUT2D eigenvalue weighted by molar-refractivity contribution is 6.04. The van der Waals surface area contributed by atoms with Crippen LogP contribution in [0.25, 0.3) is 38.7 Å². The first-order valence-corrected chi connectivity index (χ1v) is 9.43. The van der Waals surface area contributed by atoms with Gasteiger partial charge in [0.05, 0.1) is 16.7 Å². The van der Waals surface area contributed by atoms with Crippen LogP contribution in [0.15, 0.2) is 78.9 Å². The van der Waals surface area contributed by atoms with Crippen molar-refractivity contribution in [3.8, 4) is 11.3 Å². The quantitative estimate of drug-likeness (QED) is 0.333. The molecule has 0 aliphatic carbocycles. The van der Waals surface area contributed by atoms with Crippen LogP contribution in [0.1, 0.15) is 26.3 Å². The second-order valence-corrected chi connectivity index (χ2v) is 8.14. The van der Waals surface area contributed by atoms with E-state index in [1.807, 2.05) is 0 Å². The van der Waals surface area contributed by atoms with Crippen LogP contribution in [-0.2, 0) is 5.41 Å². The summed E-state index contributed by atoms with van der Waals surface area (Å²) in [4.78, 5) is 5.02. The van der Waals surface area contributed by atoms with Crippen molar-refractivity contribution in [2.45, 2.75) is 26.2 Å². The Morgan fingerprint density at radius 1 is 0.704 bits per heavy atom. The molecule has 27 heavy (non-hydrogen) atoms. The van der Waals surface area contributed by atoms with E-state index in [0.29, 0.717) is 0 Å². The fourth-order valence-electron chi connectivity index (χ4n) is 4.20. The molecule has 0 atom stereocenters. The Bertz CT molecular complexity index is 1290. The van der Waals surface area contributed by atoms with Gasteiger partial charge in [-0.05, 0) is 34.1 Å². The molecule has 0 amide bonds. The molecule has 5 rings (SSSR count). The number of imidazole rings is 1. The fourth-order valence-corrected chi connectivity index (χ4v) is 4.20. The van der Waals surface area contributed by atoms with Gasteiger partial charge in [0.1, 0.15) is 5.65 Å². The van der Waals surface area contributed by atoms with Crippen molar-refractivity contribution < 1.29 is 0 Å². The first-order valence-electron chi connectivity index (χ1n) is 9.43. The van der Waals surface area contributed by atoms with Crippen molar-refractivity contribution in [1.82, 2.24) is 9.38 Å². The lowest BCUT2D eigenvalue weighted by Gasteiger charge is -2.27. The average molecular weight is 350 g/mol. The monoisotopic (exact) mass is 350 g/mol. The predicted octanol–water partition coefficient (Wildman–Crippen LogP) is 6.61. The standard InChI is InChI=1S/C25H22N2/c1-25(2,3)22-18-13-7-8-14-19(18)24-26-20-15-9-10-16-21(20)27(24)23(22)17-11-5-4-6-12-17/h4-16H,1-3H3. The van der Waals surface area contributed by atoms with Crippen molar-refractivity contribution in [2.24, 2.45) is 0 Å². The third-order valence-electron chi connectivity index (χ3n) is 5.26. The Morgan fingerprint density at radius 3 is 2.07 bits per heavy atom. The molecule has 0 aliphatic rings. The Kier molecular flexibility index (Phi) is 3.38. The zero-order valence-electron chi connectivity index (χ0n) is 15.9. The van der Waals surface area contributed by atoms with Gasteiger partial charge in [0, 0.05) is 5.39 Å². The van der Waals surface area contributed by atoms with Gasteiger partial charge >= 0.3 is 0 Å². The summed E-state index contributed by atoms with van der Waals surface area (Å²) >= 11 is 0. The van der Waals surface area contributed by atoms with Gasteiger partial charge in [0.15, 0.2) is 0 Å². The zero-order valence-corrected chi connectivity index (χ0v) is 15.9. The maximum Gasteiger partial charge on any atom is 0.146 e. The zero-order chi connectivity index (χ0) is 18.6. The van der Waals surface area contributed by atoms with E-state index < -0.39 is 0 Å². The number of para-hydroxylation sites is 2. The summed E-state index contributed by atoms with van der Waals surface area (Å²) in [5, 5.41) is 2.49. The molecule has 0 radical (unpaired) electrons. The van der Waals surface area contributed by atoms with E-state index in [0.717, 1.165) is 16.7 Å². The lowest BCUT2D eigenvalue weighted by atomic mass is 9.81. The molecule has 2 aromatic heterocycles. The third-order valence-corrected chi connectivity index (χ3v) is 5.26. The number of fused-ring (bicyclic) bond motifs is 5. The number of hydrogen-bond donors (Lipinski definition) is 0. The Balaban J connectivity index is 2.14. The van der Waals surface area contributed by atoms with Gasteiger partial charge in [-0.2, -0.15) is 0 Å². The van der Waals surface area contributed by atoms with Crippen LogP contribution in [0.2, 0.25) is 0 Å². The molecule has 132 valence electrons. The molecule has 0 bridgehead atoms. The van der Waals surface area contributed by atoms with Crippen molar-refractivity contribution >= 4 is 27.5 Å². The second kappa shape index (κ2) is 5.68. The normalized spacial score (nSPS) is 12.3. The van der Waals surface area contributed by atoms with E-state index in [1.54, 1.807) is 0 Å². The number of aromatic nitrogens is 2. The Labute approximate surface area is 159 Å². The topological polar surface area (TPSA) is 17.3 Å². The summed E-state index contributed by atoms with van der Waals surface area (Å²) in [6.45, 7) is 6.89. The Morgan fingerprint density at radius 2 is 1.33 bits per heavy atom. The van der Waals surface area contributed by atoms with E-state index in [1.165, 1.54) is 27.6 Å². The molecule has 2 nitrogen and oxygen atoms in total. The predicted molar refractivity (Wildman–Crippen MR) is 114 cm³/mol. The van der Waals surface area contributed by atoms with Crippen LogP contribution in [0, 0.1) is 0 Å². The largest absolute Gasteiger partial charge is 0.291 e. The first-order chi connectivity index (χ1) is 13.1. The van der Waals surface area contributed by atoms with Gasteiger partial charge in [-0.1, -0.05) is 87.5 Å². The summed E-state index contributed by atoms with van der Waals surface area (Å²) in [5.41, 5.74) is 7.03. The molecule has 0 saturated carbocycles. The molecule has 2 heteroatoms. The average Bonchev–Trinajstić information content (AvgIpc) is 3.06. The van der Waals surface area contributed by atoms with Crippen LogP contribution in [0.3, 0.4) is 0 Å². The SMILES string of the molecule is CC(C)(C)c1c(-c2ccccc2)n2c3ccccc3nc2c2ccccc12. The van der Waals surface area contributed by atoms with Gasteiger partial charge in [0.2, 0.25) is 0 Å². The number of rotatable bonds is 1. The molecule has 0 unspecified atom stereocenters. The minimum absolute atomic E-state index is 0.00958. The molecule has 0 N–H and O–H groups in total. The lowest BCUT2D eigenvalue weighted by molar-refractivity contribution is 0.595. The highest BCUT2D eigenvalue weighted by Gasteiger charge is 2.26. The number of nitrogens with zero attached hydrogens (tertiary/aromatic N) is 2. The molecule has 0 fully saturated rings. The van der Waals surface area contributed by atoms with Crippen molar-refractivity contribution in [3.63, 3.8) is 0 Å². The van der Waals surface area contributed by atoms with Crippen molar-refractivity contribution in [2.75, 3.05) is 0 Å². The smallest absolute Gasteiger partial charge is 0.146 e. The van der Waals surface area contributed by atoms with E-state index in [2.05, 4.69) is 104 Å². The number of pyridine rings is 1. The lowest BCUT2D eigenvalue weighted by Crippen LogP contribution is -2.16. The molecule has 0 spiro atoms. The molecular formula is C25H22N2. The third kappa shape index (κ3) is 2.37. The molecule has 3 aromatic carbocycles. The van der Waals surface area contributed by atoms with Gasteiger partial charge in [-0.3, -0.25) is 4.40 Å². The second-order valence-electron chi connectivity index (χ2n) is 8.14. The first kappa shape index (κ1) is 16.1. The molecular weight excluding hydrogens is 328 g/mol. The molecule has 2 heterocycles. The highest BCUT2D eigenvalue weighted by Crippen LogP contribution is 2.41. The summed E-state index contributed by atoms with van der Waals surface area (Å²) in [6.07, 6.45) is 0. The Hall–Kier alpha value is -3.13. The minimum Gasteiger partial charge on any atom is -0.291 e. The van der Waals surface area contributed by atoms with Crippen LogP contribution >= 0.6 is 0 Å². The van der Waals surface area contributed by atoms with E-state index >= 15 is 0 Å². The van der Waals surface area contributed by atoms with E-state index in [4.69, 9.17) is 4.98 Å². The van der Waals surface area contributed by atoms with Gasteiger partial charge in [-0.25, -0.2) is 4.98 Å². The summed E-state index contributed by atoms with van der Waals surface area (Å²) in [6, 6.07) is 27.8. The number of benzene rings is 3. The van der Waals surface area contributed by atoms with Crippen LogP contribution in [0.4, 0.5) is 0 Å².